The molecule has 12 heavy (non-hydrogen) atoms. The van der Waals surface area contributed by atoms with Gasteiger partial charge in [-0.15, -0.1) is 11.6 Å². The normalized spacial score (nSPS) is 34.7. The Hall–Kier alpha value is 0.0300. The lowest BCUT2D eigenvalue weighted by atomic mass is 9.71. The molecule has 0 spiro atoms. The van der Waals surface area contributed by atoms with E-state index < -0.39 is 0 Å². The predicted molar refractivity (Wildman–Crippen MR) is 55.6 cm³/mol. The molecule has 0 nitrogen and oxygen atoms in total. The Kier molecular flexibility index (Phi) is 2.88. The molecule has 0 bridgehead atoms. The number of alkyl halides is 1. The van der Waals surface area contributed by atoms with E-state index in [4.69, 9.17) is 11.6 Å². The van der Waals surface area contributed by atoms with Crippen LogP contribution in [0, 0.1) is 11.3 Å². The van der Waals surface area contributed by atoms with Crippen LogP contribution in [0.2, 0.25) is 0 Å². The van der Waals surface area contributed by atoms with Crippen LogP contribution < -0.4 is 0 Å². The highest BCUT2D eigenvalue weighted by Crippen LogP contribution is 2.43. The SMILES string of the molecule is C=C(C)[C@H]1CCC(C)(C)[C@H](Cl)C1. The van der Waals surface area contributed by atoms with E-state index in [9.17, 15) is 0 Å². The Bertz CT molecular complexity index is 181. The summed E-state index contributed by atoms with van der Waals surface area (Å²) in [4.78, 5) is 0. The molecule has 0 amide bonds. The van der Waals surface area contributed by atoms with Crippen molar-refractivity contribution < 1.29 is 0 Å². The number of halogens is 1. The van der Waals surface area contributed by atoms with E-state index in [1.165, 1.54) is 18.4 Å². The van der Waals surface area contributed by atoms with Crippen molar-refractivity contribution in [3.8, 4) is 0 Å². The van der Waals surface area contributed by atoms with Crippen LogP contribution in [0.5, 0.6) is 0 Å². The highest BCUT2D eigenvalue weighted by molar-refractivity contribution is 6.21. The van der Waals surface area contributed by atoms with E-state index >= 15 is 0 Å². The van der Waals surface area contributed by atoms with Gasteiger partial charge in [-0.05, 0) is 37.5 Å². The third-order valence-electron chi connectivity index (χ3n) is 3.17. The van der Waals surface area contributed by atoms with Gasteiger partial charge in [0, 0.05) is 5.38 Å². The zero-order chi connectivity index (χ0) is 9.35. The zero-order valence-electron chi connectivity index (χ0n) is 8.36. The summed E-state index contributed by atoms with van der Waals surface area (Å²) in [6, 6.07) is 0. The standard InChI is InChI=1S/C11H19Cl/c1-8(2)9-5-6-11(3,4)10(12)7-9/h9-10H,1,5-7H2,2-4H3/t9-,10+/m0/s1. The third kappa shape index (κ3) is 2.04. The molecule has 0 radical (unpaired) electrons. The van der Waals surface area contributed by atoms with Crippen LogP contribution in [-0.4, -0.2) is 5.38 Å². The number of rotatable bonds is 1. The molecule has 1 aliphatic carbocycles. The zero-order valence-corrected chi connectivity index (χ0v) is 9.12. The molecule has 1 aliphatic rings. The van der Waals surface area contributed by atoms with Crippen molar-refractivity contribution in [3.63, 3.8) is 0 Å². The Labute approximate surface area is 81.0 Å². The molecule has 1 fully saturated rings. The first-order chi connectivity index (χ1) is 5.43. The van der Waals surface area contributed by atoms with E-state index in [-0.39, 0.29) is 0 Å². The first kappa shape index (κ1) is 10.1. The first-order valence-corrected chi connectivity index (χ1v) is 5.16. The van der Waals surface area contributed by atoms with Gasteiger partial charge < -0.3 is 0 Å². The molecular formula is C11H19Cl. The molecule has 0 N–H and O–H groups in total. The van der Waals surface area contributed by atoms with Crippen LogP contribution >= 0.6 is 11.6 Å². The van der Waals surface area contributed by atoms with Crippen molar-refractivity contribution in [1.82, 2.24) is 0 Å². The molecule has 1 saturated carbocycles. The maximum absolute atomic E-state index is 6.31. The Balaban J connectivity index is 2.58. The maximum atomic E-state index is 6.31. The molecule has 0 aromatic rings. The molecule has 0 saturated heterocycles. The molecule has 1 heteroatoms. The van der Waals surface area contributed by atoms with Gasteiger partial charge in [-0.3, -0.25) is 0 Å². The van der Waals surface area contributed by atoms with E-state index in [1.54, 1.807) is 0 Å². The Morgan fingerprint density at radius 1 is 1.50 bits per heavy atom. The molecule has 0 aliphatic heterocycles. The van der Waals surface area contributed by atoms with Crippen molar-refractivity contribution >= 4 is 11.6 Å². The Morgan fingerprint density at radius 3 is 2.50 bits per heavy atom. The van der Waals surface area contributed by atoms with Crippen molar-refractivity contribution in [2.24, 2.45) is 11.3 Å². The van der Waals surface area contributed by atoms with E-state index in [2.05, 4.69) is 27.4 Å². The van der Waals surface area contributed by atoms with Gasteiger partial charge in [0.25, 0.3) is 0 Å². The lowest BCUT2D eigenvalue weighted by molar-refractivity contribution is 0.215. The van der Waals surface area contributed by atoms with E-state index in [1.807, 2.05) is 0 Å². The minimum Gasteiger partial charge on any atom is -0.122 e. The maximum Gasteiger partial charge on any atom is 0.0392 e. The molecule has 2 atom stereocenters. The second-order valence-corrected chi connectivity index (χ2v) is 5.30. The molecule has 0 aromatic carbocycles. The highest BCUT2D eigenvalue weighted by atomic mass is 35.5. The summed E-state index contributed by atoms with van der Waals surface area (Å²) in [7, 11) is 0. The largest absolute Gasteiger partial charge is 0.122 e. The van der Waals surface area contributed by atoms with Gasteiger partial charge in [-0.1, -0.05) is 26.0 Å². The minimum absolute atomic E-state index is 0.327. The fourth-order valence-electron chi connectivity index (χ4n) is 1.84. The fraction of sp³-hybridized carbons (Fsp3) is 0.818. The van der Waals surface area contributed by atoms with Crippen LogP contribution in [0.3, 0.4) is 0 Å². The Morgan fingerprint density at radius 2 is 2.08 bits per heavy atom. The highest BCUT2D eigenvalue weighted by Gasteiger charge is 2.35. The van der Waals surface area contributed by atoms with Crippen molar-refractivity contribution in [3.05, 3.63) is 12.2 Å². The van der Waals surface area contributed by atoms with Crippen molar-refractivity contribution in [1.29, 1.82) is 0 Å². The van der Waals surface area contributed by atoms with Crippen molar-refractivity contribution in [2.75, 3.05) is 0 Å². The summed E-state index contributed by atoms with van der Waals surface area (Å²) >= 11 is 6.31. The quantitative estimate of drug-likeness (QED) is 0.429. The molecule has 0 aromatic heterocycles. The van der Waals surface area contributed by atoms with Gasteiger partial charge in [0.05, 0.1) is 0 Å². The van der Waals surface area contributed by atoms with Crippen LogP contribution in [0.15, 0.2) is 12.2 Å². The monoisotopic (exact) mass is 186 g/mol. The van der Waals surface area contributed by atoms with Gasteiger partial charge in [0.15, 0.2) is 0 Å². The molecular weight excluding hydrogens is 168 g/mol. The van der Waals surface area contributed by atoms with Gasteiger partial charge in [0.1, 0.15) is 0 Å². The average molecular weight is 187 g/mol. The van der Waals surface area contributed by atoms with Crippen LogP contribution in [0.4, 0.5) is 0 Å². The average Bonchev–Trinajstić information content (AvgIpc) is 1.94. The van der Waals surface area contributed by atoms with Gasteiger partial charge >= 0.3 is 0 Å². The van der Waals surface area contributed by atoms with Crippen LogP contribution in [0.25, 0.3) is 0 Å². The molecule has 0 heterocycles. The van der Waals surface area contributed by atoms with Gasteiger partial charge in [-0.25, -0.2) is 0 Å². The number of hydrogen-bond acceptors (Lipinski definition) is 0. The summed E-state index contributed by atoms with van der Waals surface area (Å²) in [6.07, 6.45) is 3.62. The molecule has 0 unspecified atom stereocenters. The molecule has 70 valence electrons. The summed E-state index contributed by atoms with van der Waals surface area (Å²) in [6.45, 7) is 10.6. The number of allylic oxidation sites excluding steroid dienone is 1. The topological polar surface area (TPSA) is 0 Å². The van der Waals surface area contributed by atoms with Crippen LogP contribution in [-0.2, 0) is 0 Å². The summed E-state index contributed by atoms with van der Waals surface area (Å²) in [5.41, 5.74) is 1.63. The summed E-state index contributed by atoms with van der Waals surface area (Å²) < 4.78 is 0. The lowest BCUT2D eigenvalue weighted by Crippen LogP contribution is -2.32. The minimum atomic E-state index is 0.327. The van der Waals surface area contributed by atoms with Crippen LogP contribution in [0.1, 0.15) is 40.0 Å². The lowest BCUT2D eigenvalue weighted by Gasteiger charge is -2.39. The second kappa shape index (κ2) is 3.41. The summed E-state index contributed by atoms with van der Waals surface area (Å²) in [5, 5.41) is 0.327. The van der Waals surface area contributed by atoms with Gasteiger partial charge in [-0.2, -0.15) is 0 Å². The first-order valence-electron chi connectivity index (χ1n) is 4.73. The van der Waals surface area contributed by atoms with Gasteiger partial charge in [0.2, 0.25) is 0 Å². The smallest absolute Gasteiger partial charge is 0.0392 e. The molecule has 1 rings (SSSR count). The number of hydrogen-bond donors (Lipinski definition) is 0. The second-order valence-electron chi connectivity index (χ2n) is 4.77. The fourth-order valence-corrected chi connectivity index (χ4v) is 2.16. The van der Waals surface area contributed by atoms with E-state index in [0.717, 1.165) is 6.42 Å². The predicted octanol–water partition coefficient (Wildman–Crippen LogP) is 4.00. The summed E-state index contributed by atoms with van der Waals surface area (Å²) in [5.74, 6) is 0.667. The third-order valence-corrected chi connectivity index (χ3v) is 3.94. The van der Waals surface area contributed by atoms with Crippen molar-refractivity contribution in [2.45, 2.75) is 45.4 Å². The van der Waals surface area contributed by atoms with E-state index in [0.29, 0.717) is 16.7 Å².